The fourth-order valence-corrected chi connectivity index (χ4v) is 10.4. The lowest BCUT2D eigenvalue weighted by Gasteiger charge is -2.43. The van der Waals surface area contributed by atoms with Gasteiger partial charge in [-0.1, -0.05) is 0 Å². The van der Waals surface area contributed by atoms with Gasteiger partial charge in [-0.2, -0.15) is 0 Å². The predicted molar refractivity (Wildman–Crippen MR) is 144 cm³/mol. The third-order valence-corrected chi connectivity index (χ3v) is 12.2. The smallest absolute Gasteiger partial charge is 0.265 e. The maximum Gasteiger partial charge on any atom is 0.265 e. The third-order valence-electron chi connectivity index (χ3n) is 7.96. The van der Waals surface area contributed by atoms with Crippen LogP contribution in [-0.4, -0.2) is 58.2 Å². The normalized spacial score (nSPS) is 24.5. The lowest BCUT2D eigenvalue weighted by molar-refractivity contribution is 0.0989. The molecule has 2 aromatic heterocycles. The van der Waals surface area contributed by atoms with Crippen LogP contribution in [0.15, 0.2) is 58.1 Å². The van der Waals surface area contributed by atoms with Crippen molar-refractivity contribution in [3.63, 3.8) is 0 Å². The number of aliphatic hydroxyl groups is 1. The number of halogens is 1. The first-order valence-corrected chi connectivity index (χ1v) is 14.7. The summed E-state index contributed by atoms with van der Waals surface area (Å²) in [5.41, 5.74) is 9.70. The van der Waals surface area contributed by atoms with Crippen molar-refractivity contribution in [3.05, 3.63) is 65.2 Å². The van der Waals surface area contributed by atoms with Gasteiger partial charge in [0.1, 0.15) is 11.5 Å². The van der Waals surface area contributed by atoms with Crippen molar-refractivity contribution in [2.24, 2.45) is 5.73 Å². The largest absolute Gasteiger partial charge is 0.393 e. The zero-order valence-electron chi connectivity index (χ0n) is 21.0. The van der Waals surface area contributed by atoms with Gasteiger partial charge in [0.05, 0.1) is 16.8 Å². The number of amides is 1. The van der Waals surface area contributed by atoms with E-state index in [1.54, 1.807) is 12.1 Å². The summed E-state index contributed by atoms with van der Waals surface area (Å²) in [4.78, 5) is 18.5. The summed E-state index contributed by atoms with van der Waals surface area (Å²) in [6.07, 6.45) is 7.12. The Kier molecular flexibility index (Phi) is 6.17. The van der Waals surface area contributed by atoms with Crippen molar-refractivity contribution < 1.29 is 19.0 Å². The van der Waals surface area contributed by atoms with E-state index in [9.17, 15) is 9.90 Å². The Morgan fingerprint density at radius 3 is 2.57 bits per heavy atom. The number of hydrogen-bond donors (Lipinski definition) is 3. The number of carbonyl (C=O) groups excluding carboxylic acids is 1. The van der Waals surface area contributed by atoms with E-state index in [0.29, 0.717) is 55.8 Å². The quantitative estimate of drug-likeness (QED) is 0.448. The van der Waals surface area contributed by atoms with Crippen LogP contribution in [0, 0.1) is 5.82 Å². The molecule has 3 aliphatic rings. The van der Waals surface area contributed by atoms with E-state index in [-0.39, 0.29) is 11.9 Å². The molecule has 7 nitrogen and oxygen atoms in total. The summed E-state index contributed by atoms with van der Waals surface area (Å²) < 4.78 is 23.0. The average molecular weight is 525 g/mol. The Morgan fingerprint density at radius 1 is 1.14 bits per heavy atom. The molecule has 1 amide bonds. The molecule has 3 aromatic rings. The van der Waals surface area contributed by atoms with Gasteiger partial charge in [0, 0.05) is 60.1 Å². The van der Waals surface area contributed by atoms with Crippen molar-refractivity contribution in [1.29, 1.82) is 0 Å². The van der Waals surface area contributed by atoms with Crippen LogP contribution < -0.4 is 10.6 Å². The number of aliphatic hydroxyl groups excluding tert-OH is 1. The number of aromatic amines is 1. The number of benzene rings is 1. The Balaban J connectivity index is 1.40. The summed E-state index contributed by atoms with van der Waals surface area (Å²) in [7, 11) is -1.64. The minimum absolute atomic E-state index is 0.256. The zero-order chi connectivity index (χ0) is 25.7. The number of nitrogens with two attached hydrogens (primary N) is 1. The number of allylic oxidation sites excluding steroid dienone is 1. The van der Waals surface area contributed by atoms with Crippen LogP contribution in [-0.2, 0) is 4.74 Å². The summed E-state index contributed by atoms with van der Waals surface area (Å²) >= 11 is 0. The van der Waals surface area contributed by atoms with Gasteiger partial charge in [0.2, 0.25) is 0 Å². The van der Waals surface area contributed by atoms with Crippen LogP contribution in [0.1, 0.15) is 48.7 Å². The molecule has 9 heteroatoms. The van der Waals surface area contributed by atoms with Crippen LogP contribution in [0.25, 0.3) is 11.3 Å². The van der Waals surface area contributed by atoms with Gasteiger partial charge < -0.3 is 30.0 Å². The highest BCUT2D eigenvalue weighted by Crippen LogP contribution is 2.74. The fourth-order valence-electron chi connectivity index (χ4n) is 5.98. The van der Waals surface area contributed by atoms with Gasteiger partial charge in [-0.15, -0.1) is 10.0 Å². The van der Waals surface area contributed by atoms with Gasteiger partial charge in [0.25, 0.3) is 5.91 Å². The molecule has 37 heavy (non-hydrogen) atoms. The molecule has 1 unspecified atom stereocenters. The van der Waals surface area contributed by atoms with E-state index in [1.165, 1.54) is 10.5 Å². The van der Waals surface area contributed by atoms with Gasteiger partial charge in [-0.3, -0.25) is 4.79 Å². The predicted octanol–water partition coefficient (Wildman–Crippen LogP) is 4.78. The minimum atomic E-state index is -1.64. The second-order valence-electron chi connectivity index (χ2n) is 10.2. The number of hydrogen-bond acceptors (Lipinski definition) is 4. The number of H-pyrrole nitrogens is 1. The number of anilines is 1. The van der Waals surface area contributed by atoms with Gasteiger partial charge in [-0.25, -0.2) is 4.39 Å². The molecule has 1 aromatic carbocycles. The molecule has 0 aliphatic carbocycles. The number of nitrogens with one attached hydrogen (secondary N) is 1. The number of primary amides is 1. The maximum absolute atomic E-state index is 15.3. The van der Waals surface area contributed by atoms with Crippen LogP contribution >= 0.6 is 10.0 Å². The van der Waals surface area contributed by atoms with E-state index in [2.05, 4.69) is 29.7 Å². The number of piperidine rings is 1. The Morgan fingerprint density at radius 2 is 1.89 bits per heavy atom. The first kappa shape index (κ1) is 24.3. The minimum Gasteiger partial charge on any atom is -0.393 e. The second kappa shape index (κ2) is 9.38. The molecule has 4 N–H and O–H groups in total. The van der Waals surface area contributed by atoms with Crippen molar-refractivity contribution in [2.45, 2.75) is 53.9 Å². The fraction of sp³-hybridized carbons (Fsp3) is 0.393. The highest BCUT2D eigenvalue weighted by atomic mass is 32.3. The highest BCUT2D eigenvalue weighted by Gasteiger charge is 2.43. The van der Waals surface area contributed by atoms with Crippen molar-refractivity contribution in [3.8, 4) is 5.69 Å². The molecule has 0 bridgehead atoms. The average Bonchev–Trinajstić information content (AvgIpc) is 3.62. The lowest BCUT2D eigenvalue weighted by atomic mass is 10.1. The zero-order valence-corrected chi connectivity index (χ0v) is 21.8. The molecular formula is C28H33FN4O3S. The van der Waals surface area contributed by atoms with Gasteiger partial charge in [-0.05, 0) is 73.9 Å². The molecule has 196 valence electrons. The summed E-state index contributed by atoms with van der Waals surface area (Å²) in [5, 5.41) is 13.6. The maximum atomic E-state index is 15.3. The number of carbonyl (C=O) groups is 1. The van der Waals surface area contributed by atoms with Gasteiger partial charge in [0.15, 0.2) is 0 Å². The highest BCUT2D eigenvalue weighted by molar-refractivity contribution is 8.37. The summed E-state index contributed by atoms with van der Waals surface area (Å²) in [5.74, 6) is -0.725. The topological polar surface area (TPSA) is 96.5 Å². The Hall–Kier alpha value is -3.01. The third kappa shape index (κ3) is 4.09. The second-order valence-corrected chi connectivity index (χ2v) is 13.4. The van der Waals surface area contributed by atoms with E-state index >= 15 is 4.39 Å². The molecular weight excluding hydrogens is 491 g/mol. The van der Waals surface area contributed by atoms with Crippen LogP contribution in [0.4, 0.5) is 10.1 Å². The molecule has 2 saturated heterocycles. The number of nitrogens with zero attached hydrogens (tertiary/aromatic N) is 2. The summed E-state index contributed by atoms with van der Waals surface area (Å²) in [6.45, 7) is 4.86. The van der Waals surface area contributed by atoms with E-state index < -0.39 is 15.9 Å². The standard InChI is InChI=1S/C28H33FN4O3S/c1-18-17-37(21-8-12-36-13-9-21,27-5-3-24(31-27)28(30)35)26-16-33(15-22(18)26)19-2-4-25(23(29)14-19)32-10-6-20(34)7-11-32/h2-5,14-17,20-21,31,34H,6-13H2,1H3,(H2,30,35). The first-order valence-electron chi connectivity index (χ1n) is 12.9. The van der Waals surface area contributed by atoms with Crippen molar-refractivity contribution in [1.82, 2.24) is 9.55 Å². The lowest BCUT2D eigenvalue weighted by Crippen LogP contribution is -2.36. The SMILES string of the molecule is CC1=CS(c2ccc(C(N)=O)[nH]2)(C2CCOCC2)c2cn(-c3ccc(N4CCC(O)CC4)c(F)c3)cc21. The van der Waals surface area contributed by atoms with Gasteiger partial charge >= 0.3 is 0 Å². The summed E-state index contributed by atoms with van der Waals surface area (Å²) in [6, 6.07) is 9.18. The number of rotatable bonds is 5. The Labute approximate surface area is 217 Å². The van der Waals surface area contributed by atoms with Crippen molar-refractivity contribution >= 4 is 27.2 Å². The molecule has 3 aliphatic heterocycles. The van der Waals surface area contributed by atoms with Crippen LogP contribution in [0.2, 0.25) is 0 Å². The molecule has 5 heterocycles. The van der Waals surface area contributed by atoms with E-state index in [4.69, 9.17) is 10.5 Å². The monoisotopic (exact) mass is 524 g/mol. The van der Waals surface area contributed by atoms with Crippen LogP contribution in [0.3, 0.4) is 0 Å². The Bertz CT molecular complexity index is 1370. The van der Waals surface area contributed by atoms with Crippen LogP contribution in [0.5, 0.6) is 0 Å². The molecule has 0 saturated carbocycles. The molecule has 0 spiro atoms. The van der Waals surface area contributed by atoms with Crippen molar-refractivity contribution in [2.75, 3.05) is 31.2 Å². The first-order chi connectivity index (χ1) is 17.9. The molecule has 6 rings (SSSR count). The molecule has 2 fully saturated rings. The number of aromatic nitrogens is 2. The van der Waals surface area contributed by atoms with E-state index in [0.717, 1.165) is 29.1 Å². The molecule has 1 atom stereocenters. The molecule has 0 radical (unpaired) electrons. The number of fused-ring (bicyclic) bond motifs is 1. The van der Waals surface area contributed by atoms with E-state index in [1.807, 2.05) is 27.7 Å². The number of ether oxygens (including phenoxy) is 1.